The van der Waals surface area contributed by atoms with Gasteiger partial charge in [0.1, 0.15) is 17.0 Å². The SMILES string of the molecule is CC1N(c2cc(Oc3cccnc3)cnc2[N+](=O)[O-])CCOC12COC2. The van der Waals surface area contributed by atoms with E-state index in [1.807, 2.05) is 11.8 Å². The summed E-state index contributed by atoms with van der Waals surface area (Å²) in [6, 6.07) is 5.07. The van der Waals surface area contributed by atoms with Gasteiger partial charge in [0, 0.05) is 18.8 Å². The van der Waals surface area contributed by atoms with E-state index in [-0.39, 0.29) is 11.9 Å². The summed E-state index contributed by atoms with van der Waals surface area (Å²) in [4.78, 5) is 21.0. The topological polar surface area (TPSA) is 99.9 Å². The van der Waals surface area contributed by atoms with Crippen LogP contribution in [0.25, 0.3) is 0 Å². The van der Waals surface area contributed by atoms with Crippen molar-refractivity contribution in [2.75, 3.05) is 31.3 Å². The second-order valence-electron chi connectivity index (χ2n) is 6.34. The Hall–Kier alpha value is -2.78. The van der Waals surface area contributed by atoms with E-state index in [0.717, 1.165) is 0 Å². The number of hydrogen-bond donors (Lipinski definition) is 0. The van der Waals surface area contributed by atoms with Crippen LogP contribution in [-0.2, 0) is 9.47 Å². The summed E-state index contributed by atoms with van der Waals surface area (Å²) in [6.07, 6.45) is 4.56. The van der Waals surface area contributed by atoms with Gasteiger partial charge in [-0.05, 0) is 29.0 Å². The zero-order valence-corrected chi connectivity index (χ0v) is 14.2. The van der Waals surface area contributed by atoms with E-state index in [1.165, 1.54) is 6.20 Å². The van der Waals surface area contributed by atoms with E-state index in [1.54, 1.807) is 30.6 Å². The first kappa shape index (κ1) is 16.7. The summed E-state index contributed by atoms with van der Waals surface area (Å²) in [7, 11) is 0. The summed E-state index contributed by atoms with van der Waals surface area (Å²) in [6.45, 7) is 3.95. The fourth-order valence-corrected chi connectivity index (χ4v) is 3.28. The van der Waals surface area contributed by atoms with E-state index >= 15 is 0 Å². The standard InChI is InChI=1S/C17H18N4O5/c1-12-17(10-24-11-17)25-6-5-20(12)15-7-14(9-19-16(15)21(22)23)26-13-3-2-4-18-8-13/h2-4,7-9,12H,5-6,10-11H2,1H3. The molecule has 2 saturated heterocycles. The van der Waals surface area contributed by atoms with Crippen LogP contribution in [0, 0.1) is 10.1 Å². The van der Waals surface area contributed by atoms with Crippen LogP contribution in [0.15, 0.2) is 36.8 Å². The summed E-state index contributed by atoms with van der Waals surface area (Å²) < 4.78 is 17.0. The van der Waals surface area contributed by atoms with Gasteiger partial charge in [0.15, 0.2) is 11.9 Å². The number of nitrogens with zero attached hydrogens (tertiary/aromatic N) is 4. The van der Waals surface area contributed by atoms with Crippen molar-refractivity contribution in [2.45, 2.75) is 18.6 Å². The van der Waals surface area contributed by atoms with Crippen LogP contribution >= 0.6 is 0 Å². The number of pyridine rings is 2. The fourth-order valence-electron chi connectivity index (χ4n) is 3.28. The van der Waals surface area contributed by atoms with Gasteiger partial charge in [-0.3, -0.25) is 4.98 Å². The highest BCUT2D eigenvalue weighted by atomic mass is 16.6. The molecule has 0 aliphatic carbocycles. The summed E-state index contributed by atoms with van der Waals surface area (Å²) in [5.41, 5.74) is -0.00903. The molecule has 9 heteroatoms. The lowest BCUT2D eigenvalue weighted by Crippen LogP contribution is -2.68. The van der Waals surface area contributed by atoms with Crippen molar-refractivity contribution in [1.29, 1.82) is 0 Å². The van der Waals surface area contributed by atoms with Crippen molar-refractivity contribution in [3.63, 3.8) is 0 Å². The lowest BCUT2D eigenvalue weighted by molar-refractivity contribution is -0.388. The molecule has 2 aromatic heterocycles. The molecule has 2 aliphatic rings. The monoisotopic (exact) mass is 358 g/mol. The Balaban J connectivity index is 1.68. The molecule has 0 bridgehead atoms. The maximum atomic E-state index is 11.5. The Labute approximate surface area is 149 Å². The van der Waals surface area contributed by atoms with E-state index < -0.39 is 10.5 Å². The fraction of sp³-hybridized carbons (Fsp3) is 0.412. The Bertz CT molecular complexity index is 812. The van der Waals surface area contributed by atoms with E-state index in [9.17, 15) is 10.1 Å². The molecule has 136 valence electrons. The number of aromatic nitrogens is 2. The third-order valence-corrected chi connectivity index (χ3v) is 4.82. The number of nitro groups is 1. The van der Waals surface area contributed by atoms with Crippen molar-refractivity contribution in [3.05, 3.63) is 46.9 Å². The number of morpholine rings is 1. The highest BCUT2D eigenvalue weighted by Crippen LogP contribution is 2.39. The molecule has 9 nitrogen and oxygen atoms in total. The van der Waals surface area contributed by atoms with Crippen molar-refractivity contribution in [2.24, 2.45) is 0 Å². The van der Waals surface area contributed by atoms with Crippen molar-refractivity contribution >= 4 is 11.5 Å². The molecular weight excluding hydrogens is 340 g/mol. The average molecular weight is 358 g/mol. The second-order valence-corrected chi connectivity index (χ2v) is 6.34. The number of hydrogen-bond acceptors (Lipinski definition) is 8. The lowest BCUT2D eigenvalue weighted by atomic mass is 9.90. The van der Waals surface area contributed by atoms with Gasteiger partial charge in [0.25, 0.3) is 0 Å². The van der Waals surface area contributed by atoms with Crippen molar-refractivity contribution < 1.29 is 19.1 Å². The summed E-state index contributed by atoms with van der Waals surface area (Å²) >= 11 is 0. The number of ether oxygens (including phenoxy) is 3. The predicted octanol–water partition coefficient (Wildman–Crippen LogP) is 2.17. The third-order valence-electron chi connectivity index (χ3n) is 4.82. The van der Waals surface area contributed by atoms with E-state index in [4.69, 9.17) is 14.2 Å². The Morgan fingerprint density at radius 1 is 1.38 bits per heavy atom. The third kappa shape index (κ3) is 2.85. The minimum atomic E-state index is -0.477. The minimum absolute atomic E-state index is 0.0841. The molecule has 1 spiro atoms. The minimum Gasteiger partial charge on any atom is -0.452 e. The van der Waals surface area contributed by atoms with Crippen LogP contribution < -0.4 is 9.64 Å². The molecule has 2 aliphatic heterocycles. The molecule has 1 unspecified atom stereocenters. The normalized spacial score (nSPS) is 21.3. The molecule has 0 aromatic carbocycles. The molecule has 4 rings (SSSR count). The van der Waals surface area contributed by atoms with Crippen LogP contribution in [0.2, 0.25) is 0 Å². The smallest absolute Gasteiger partial charge is 0.387 e. The van der Waals surface area contributed by atoms with Crippen LogP contribution in [-0.4, -0.2) is 52.9 Å². The molecule has 0 radical (unpaired) electrons. The summed E-state index contributed by atoms with van der Waals surface area (Å²) in [5.74, 6) is 0.747. The molecule has 1 atom stereocenters. The average Bonchev–Trinajstić information content (AvgIpc) is 2.61. The first-order valence-electron chi connectivity index (χ1n) is 8.30. The maximum absolute atomic E-state index is 11.5. The molecule has 4 heterocycles. The number of anilines is 1. The zero-order valence-electron chi connectivity index (χ0n) is 14.2. The second kappa shape index (κ2) is 6.50. The van der Waals surface area contributed by atoms with Crippen molar-refractivity contribution in [3.8, 4) is 11.5 Å². The largest absolute Gasteiger partial charge is 0.452 e. The summed E-state index contributed by atoms with van der Waals surface area (Å²) in [5, 5.41) is 11.5. The molecule has 0 saturated carbocycles. The van der Waals surface area contributed by atoms with Gasteiger partial charge in [-0.25, -0.2) is 0 Å². The van der Waals surface area contributed by atoms with Gasteiger partial charge in [-0.2, -0.15) is 0 Å². The maximum Gasteiger partial charge on any atom is 0.387 e. The molecule has 2 fully saturated rings. The van der Waals surface area contributed by atoms with E-state index in [0.29, 0.717) is 43.6 Å². The highest BCUT2D eigenvalue weighted by molar-refractivity contribution is 5.63. The quantitative estimate of drug-likeness (QED) is 0.605. The van der Waals surface area contributed by atoms with Crippen LogP contribution in [0.3, 0.4) is 0 Å². The number of rotatable bonds is 4. The zero-order chi connectivity index (χ0) is 18.1. The Kier molecular flexibility index (Phi) is 4.17. The van der Waals surface area contributed by atoms with Gasteiger partial charge in [0.05, 0.1) is 32.1 Å². The van der Waals surface area contributed by atoms with Gasteiger partial charge >= 0.3 is 5.82 Å². The molecule has 0 amide bonds. The van der Waals surface area contributed by atoms with Crippen LogP contribution in [0.5, 0.6) is 11.5 Å². The van der Waals surface area contributed by atoms with Gasteiger partial charge in [-0.1, -0.05) is 0 Å². The van der Waals surface area contributed by atoms with Crippen LogP contribution in [0.4, 0.5) is 11.5 Å². The first-order chi connectivity index (χ1) is 12.6. The molecule has 2 aromatic rings. The molecule has 0 N–H and O–H groups in total. The molecular formula is C17H18N4O5. The van der Waals surface area contributed by atoms with Crippen LogP contribution in [0.1, 0.15) is 6.92 Å². The van der Waals surface area contributed by atoms with Gasteiger partial charge in [0.2, 0.25) is 0 Å². The first-order valence-corrected chi connectivity index (χ1v) is 8.30. The van der Waals surface area contributed by atoms with Gasteiger partial charge in [-0.15, -0.1) is 0 Å². The van der Waals surface area contributed by atoms with Crippen molar-refractivity contribution in [1.82, 2.24) is 9.97 Å². The van der Waals surface area contributed by atoms with E-state index in [2.05, 4.69) is 9.97 Å². The molecule has 26 heavy (non-hydrogen) atoms. The predicted molar refractivity (Wildman–Crippen MR) is 91.5 cm³/mol. The van der Waals surface area contributed by atoms with Gasteiger partial charge < -0.3 is 29.2 Å². The Morgan fingerprint density at radius 2 is 2.23 bits per heavy atom. The Morgan fingerprint density at radius 3 is 2.88 bits per heavy atom. The lowest BCUT2D eigenvalue weighted by Gasteiger charge is -2.53. The highest BCUT2D eigenvalue weighted by Gasteiger charge is 2.50.